The van der Waals surface area contributed by atoms with Crippen LogP contribution in [0.3, 0.4) is 0 Å². The highest BCUT2D eigenvalue weighted by Gasteiger charge is 2.63. The maximum Gasteiger partial charge on any atom is 0.0586 e. The van der Waals surface area contributed by atoms with E-state index in [4.69, 9.17) is 0 Å². The minimum absolute atomic E-state index is 0.247. The molecule has 0 radical (unpaired) electrons. The topological polar surface area (TPSA) is 0 Å². The molecule has 4 aliphatic rings. The fourth-order valence-corrected chi connectivity index (χ4v) is 25.9. The molecule has 0 heteroatoms. The molecule has 29 aromatic rings. The summed E-state index contributed by atoms with van der Waals surface area (Å²) in [6, 6.07) is 10.8. The van der Waals surface area contributed by atoms with E-state index in [1.165, 1.54) is 56.9 Å². The van der Waals surface area contributed by atoms with Gasteiger partial charge in [-0.2, -0.15) is 0 Å². The van der Waals surface area contributed by atoms with Gasteiger partial charge in [-0.15, -0.1) is 0 Å². The van der Waals surface area contributed by atoms with Gasteiger partial charge in [0.05, 0.1) is 5.41 Å². The SMILES string of the molecule is CCCCCCCCCc1ccc(C23c4c5c6c7c8c9c(c%10c%11c2c2c4c4c%12c5c5c6c6c8c8c%13c9c9c%10c%10c%11c%11c2c2c4c4c%12c%12c5c5c6c8c6c8c%13c9c9c%10c%10c%11c2c2c4c4c%12c5c6c5c8c9c%10c2c45)C73)cc1. The van der Waals surface area contributed by atoms with Crippen molar-refractivity contribution >= 4 is 291 Å². The van der Waals surface area contributed by atoms with Crippen LogP contribution in [0.25, 0.3) is 291 Å². The summed E-state index contributed by atoms with van der Waals surface area (Å²) in [6.07, 6.45) is 10.7. The monoisotopic (exact) mass is 924 g/mol. The predicted molar refractivity (Wildman–Crippen MR) is 322 cm³/mol. The van der Waals surface area contributed by atoms with E-state index in [1.54, 1.807) is 319 Å². The molecule has 4 aliphatic carbocycles. The second kappa shape index (κ2) is 7.40. The van der Waals surface area contributed by atoms with E-state index in [9.17, 15) is 0 Å². The van der Waals surface area contributed by atoms with Crippen LogP contribution < -0.4 is 0 Å². The van der Waals surface area contributed by atoms with Crippen LogP contribution in [0.2, 0.25) is 0 Å². The number of hydrogen-bond acceptors (Lipinski definition) is 0. The maximum atomic E-state index is 2.74. The molecule has 0 bridgehead atoms. The van der Waals surface area contributed by atoms with Crippen LogP contribution in [-0.2, 0) is 11.8 Å². The fraction of sp³-hybridized carbons (Fsp3) is 0.147. The molecule has 0 spiro atoms. The molecule has 0 aromatic heterocycles. The Labute approximate surface area is 415 Å². The third-order valence-electron chi connectivity index (χ3n) is 26.6. The molecule has 324 valence electrons. The van der Waals surface area contributed by atoms with E-state index >= 15 is 0 Å². The van der Waals surface area contributed by atoms with Crippen LogP contribution >= 0.6 is 0 Å². The maximum absolute atomic E-state index is 2.74. The lowest BCUT2D eigenvalue weighted by molar-refractivity contribution is 0.566. The Morgan fingerprint density at radius 2 is 0.453 bits per heavy atom. The summed E-state index contributed by atoms with van der Waals surface area (Å²) in [6.45, 7) is 2.34. The number of benzene rings is 19. The lowest BCUT2D eigenvalue weighted by Crippen LogP contribution is -2.38. The van der Waals surface area contributed by atoms with Crippen molar-refractivity contribution in [1.29, 1.82) is 0 Å². The third kappa shape index (κ3) is 1.82. The second-order valence-electron chi connectivity index (χ2n) is 27.6. The minimum Gasteiger partial charge on any atom is -0.0654 e. The zero-order valence-corrected chi connectivity index (χ0v) is 40.0. The summed E-state index contributed by atoms with van der Waals surface area (Å²) in [5.74, 6) is 0.247. The first-order valence-corrected chi connectivity index (χ1v) is 29.2. The average molecular weight is 925 g/mol. The van der Waals surface area contributed by atoms with Gasteiger partial charge in [0.15, 0.2) is 0 Å². The normalized spacial score (nSPS) is 20.1. The molecule has 33 rings (SSSR count). The highest BCUT2D eigenvalue weighted by atomic mass is 14.6. The largest absolute Gasteiger partial charge is 0.0654 e. The van der Waals surface area contributed by atoms with Crippen LogP contribution in [0.4, 0.5) is 0 Å². The first-order chi connectivity index (χ1) is 37.4. The van der Waals surface area contributed by atoms with Crippen molar-refractivity contribution < 1.29 is 0 Å². The Morgan fingerprint density at radius 1 is 0.240 bits per heavy atom. The van der Waals surface area contributed by atoms with Crippen molar-refractivity contribution in [2.45, 2.75) is 69.6 Å². The van der Waals surface area contributed by atoms with Gasteiger partial charge < -0.3 is 0 Å². The van der Waals surface area contributed by atoms with Crippen LogP contribution in [0, 0.1) is 0 Å². The van der Waals surface area contributed by atoms with Crippen molar-refractivity contribution in [2.75, 3.05) is 0 Å². The third-order valence-corrected chi connectivity index (χ3v) is 26.6. The van der Waals surface area contributed by atoms with Gasteiger partial charge >= 0.3 is 0 Å². The van der Waals surface area contributed by atoms with Gasteiger partial charge in [0.2, 0.25) is 0 Å². The lowest BCUT2D eigenvalue weighted by Gasteiger charge is -2.46. The van der Waals surface area contributed by atoms with Crippen molar-refractivity contribution in [3.8, 4) is 0 Å². The van der Waals surface area contributed by atoms with Crippen molar-refractivity contribution in [3.63, 3.8) is 0 Å². The Bertz CT molecular complexity index is 7180. The van der Waals surface area contributed by atoms with E-state index in [2.05, 4.69) is 31.2 Å². The molecule has 0 N–H and O–H groups in total. The highest BCUT2D eigenvalue weighted by molar-refractivity contribution is 6.82. The quantitative estimate of drug-likeness (QED) is 0.0999. The zero-order valence-electron chi connectivity index (χ0n) is 40.0. The van der Waals surface area contributed by atoms with Crippen LogP contribution in [0.1, 0.15) is 91.2 Å². The van der Waals surface area contributed by atoms with E-state index in [1.807, 2.05) is 0 Å². The van der Waals surface area contributed by atoms with Crippen LogP contribution in [0.15, 0.2) is 24.3 Å². The van der Waals surface area contributed by atoms with Crippen molar-refractivity contribution in [2.24, 2.45) is 0 Å². The molecule has 0 atom stereocenters. The first kappa shape index (κ1) is 30.1. The second-order valence-corrected chi connectivity index (χ2v) is 27.6. The zero-order chi connectivity index (χ0) is 45.2. The van der Waals surface area contributed by atoms with E-state index in [-0.39, 0.29) is 11.3 Å². The summed E-state index contributed by atoms with van der Waals surface area (Å²) in [7, 11) is 0. The van der Waals surface area contributed by atoms with E-state index in [0.29, 0.717) is 0 Å². The molecule has 29 aromatic carbocycles. The molecule has 0 saturated carbocycles. The van der Waals surface area contributed by atoms with Crippen molar-refractivity contribution in [3.05, 3.63) is 57.6 Å². The summed E-state index contributed by atoms with van der Waals surface area (Å²) in [5.41, 5.74) is 9.84. The molecular weight excluding hydrogens is 901 g/mol. The molecule has 0 amide bonds. The van der Waals surface area contributed by atoms with Gasteiger partial charge in [0.25, 0.3) is 0 Å². The van der Waals surface area contributed by atoms with Crippen LogP contribution in [-0.4, -0.2) is 0 Å². The van der Waals surface area contributed by atoms with Crippen molar-refractivity contribution in [1.82, 2.24) is 0 Å². The fourth-order valence-electron chi connectivity index (χ4n) is 25.9. The predicted octanol–water partition coefficient (Wildman–Crippen LogP) is 21.5. The van der Waals surface area contributed by atoms with Gasteiger partial charge in [-0.3, -0.25) is 0 Å². The molecule has 0 nitrogen and oxygen atoms in total. The number of rotatable bonds is 9. The molecular formula is C75H24. The summed E-state index contributed by atoms with van der Waals surface area (Å²) in [5, 5.41) is 90.7. The molecule has 0 heterocycles. The first-order valence-electron chi connectivity index (χ1n) is 29.2. The average Bonchev–Trinajstić information content (AvgIpc) is 3.63. The van der Waals surface area contributed by atoms with E-state index in [0.717, 1.165) is 0 Å². The van der Waals surface area contributed by atoms with Gasteiger partial charge in [-0.1, -0.05) is 69.7 Å². The van der Waals surface area contributed by atoms with Crippen LogP contribution in [0.5, 0.6) is 0 Å². The Morgan fingerprint density at radius 3 is 0.733 bits per heavy atom. The molecule has 0 fully saturated rings. The van der Waals surface area contributed by atoms with Gasteiger partial charge in [0, 0.05) is 5.92 Å². The van der Waals surface area contributed by atoms with E-state index < -0.39 is 0 Å². The summed E-state index contributed by atoms with van der Waals surface area (Å²) >= 11 is 0. The molecule has 75 heavy (non-hydrogen) atoms. The Hall–Kier alpha value is -8.32. The highest BCUT2D eigenvalue weighted by Crippen LogP contribution is 2.84. The summed E-state index contributed by atoms with van der Waals surface area (Å²) in [4.78, 5) is 0. The number of hydrogen-bond donors (Lipinski definition) is 0. The minimum atomic E-state index is -0.316. The number of unbranched alkanes of at least 4 members (excludes halogenated alkanes) is 6. The lowest BCUT2D eigenvalue weighted by atomic mass is 9.55. The summed E-state index contributed by atoms with van der Waals surface area (Å²) < 4.78 is 0. The smallest absolute Gasteiger partial charge is 0.0586 e. The standard InChI is InChI=1S/C75H24/c1-2-3-4-5-6-7-8-9-14-10-12-15(13-11-14)75-72-68-62-48-40-32-20-17-16-18-21(20)33-35-31-25(18)27-23-19(16)22-26-24(17)30-34(32)46(48)54-52-38(30)36(26)44-42-28(22)29(23)43-45-37(27)39(31)53-55-47(35)49(41(33)40)63(62)69(72)65(55)67-59(53)57(45)61-51(43)50(42)60-56(44)58(52)66(64(54)68)73(75)70(60)71(61)74(67)75/h10-13,72H,2-9H2,1H3. The molecule has 0 saturated heterocycles. The molecule has 0 aliphatic heterocycles. The Kier molecular flexibility index (Phi) is 2.98. The Balaban J connectivity index is 0.994. The van der Waals surface area contributed by atoms with Gasteiger partial charge in [0.1, 0.15) is 0 Å². The molecule has 0 unspecified atom stereocenters. The van der Waals surface area contributed by atoms with Gasteiger partial charge in [-0.25, -0.2) is 0 Å². The number of aryl methyl sites for hydroxylation is 1. The van der Waals surface area contributed by atoms with Gasteiger partial charge in [-0.05, 0) is 337 Å².